The molecule has 0 aliphatic rings. The van der Waals surface area contributed by atoms with Crippen LogP contribution in [0.15, 0.2) is 91.0 Å². The summed E-state index contributed by atoms with van der Waals surface area (Å²) in [6, 6.07) is 29.3. The zero-order chi connectivity index (χ0) is 25.6. The number of aromatic carboxylic acids is 1. The predicted molar refractivity (Wildman–Crippen MR) is 143 cm³/mol. The predicted octanol–water partition coefficient (Wildman–Crippen LogP) is 6.43. The molecule has 5 aromatic rings. The van der Waals surface area contributed by atoms with Gasteiger partial charge < -0.3 is 19.3 Å². The van der Waals surface area contributed by atoms with Gasteiger partial charge >= 0.3 is 5.97 Å². The molecule has 4 aromatic carbocycles. The van der Waals surface area contributed by atoms with Crippen LogP contribution in [-0.4, -0.2) is 29.8 Å². The van der Waals surface area contributed by atoms with Gasteiger partial charge in [-0.05, 0) is 70.8 Å². The monoisotopic (exact) mass is 493 g/mol. The van der Waals surface area contributed by atoms with Gasteiger partial charge in [-0.15, -0.1) is 0 Å². The molecule has 0 atom stereocenters. The zero-order valence-corrected chi connectivity index (χ0v) is 20.5. The van der Waals surface area contributed by atoms with E-state index in [4.69, 9.17) is 19.3 Å². The Balaban J connectivity index is 1.19. The Labute approximate surface area is 215 Å². The van der Waals surface area contributed by atoms with Crippen LogP contribution in [0.5, 0.6) is 11.5 Å². The van der Waals surface area contributed by atoms with Crippen molar-refractivity contribution in [3.8, 4) is 11.5 Å². The van der Waals surface area contributed by atoms with Crippen LogP contribution in [0, 0.1) is 0 Å². The van der Waals surface area contributed by atoms with Gasteiger partial charge in [0, 0.05) is 5.39 Å². The number of pyridine rings is 1. The van der Waals surface area contributed by atoms with Crippen molar-refractivity contribution >= 4 is 27.6 Å². The van der Waals surface area contributed by atoms with Crippen molar-refractivity contribution in [3.05, 3.63) is 113 Å². The number of nitrogens with zero attached hydrogens (tertiary/aromatic N) is 1. The largest absolute Gasteiger partial charge is 0.496 e. The minimum atomic E-state index is -0.976. The topological polar surface area (TPSA) is 77.9 Å². The Morgan fingerprint density at radius 3 is 2.54 bits per heavy atom. The molecule has 5 rings (SSSR count). The van der Waals surface area contributed by atoms with Crippen molar-refractivity contribution in [1.82, 2.24) is 4.98 Å². The summed E-state index contributed by atoms with van der Waals surface area (Å²) in [6.07, 6.45) is 0.622. The number of aromatic nitrogens is 1. The number of rotatable bonds is 10. The summed E-state index contributed by atoms with van der Waals surface area (Å²) in [6.45, 7) is 1.36. The fraction of sp³-hybridized carbons (Fsp3) is 0.161. The van der Waals surface area contributed by atoms with Crippen molar-refractivity contribution in [2.24, 2.45) is 0 Å². The molecule has 0 radical (unpaired) electrons. The van der Waals surface area contributed by atoms with Gasteiger partial charge in [-0.1, -0.05) is 48.5 Å². The van der Waals surface area contributed by atoms with Crippen LogP contribution in [0.3, 0.4) is 0 Å². The molecule has 1 aromatic heterocycles. The molecule has 6 heteroatoms. The summed E-state index contributed by atoms with van der Waals surface area (Å²) >= 11 is 0. The highest BCUT2D eigenvalue weighted by Crippen LogP contribution is 2.24. The SMILES string of the molecule is COc1cc(C(=O)O)ccc1CCOCc1ccc2ccc(OCc3ccc4ccccc4n3)cc2c1. The first kappa shape index (κ1) is 24.3. The van der Waals surface area contributed by atoms with Gasteiger partial charge in [0.2, 0.25) is 0 Å². The molecular formula is C31H27NO5. The van der Waals surface area contributed by atoms with E-state index in [0.29, 0.717) is 32.0 Å². The van der Waals surface area contributed by atoms with Crippen LogP contribution in [0.1, 0.15) is 27.2 Å². The lowest BCUT2D eigenvalue weighted by molar-refractivity contribution is 0.0696. The molecule has 0 saturated carbocycles. The first-order valence-corrected chi connectivity index (χ1v) is 12.1. The van der Waals surface area contributed by atoms with Crippen molar-refractivity contribution in [1.29, 1.82) is 0 Å². The average molecular weight is 494 g/mol. The highest BCUT2D eigenvalue weighted by molar-refractivity contribution is 5.88. The fourth-order valence-corrected chi connectivity index (χ4v) is 4.26. The highest BCUT2D eigenvalue weighted by atomic mass is 16.5. The molecule has 1 N–H and O–H groups in total. The van der Waals surface area contributed by atoms with Crippen molar-refractivity contribution in [2.45, 2.75) is 19.6 Å². The van der Waals surface area contributed by atoms with Crippen LogP contribution < -0.4 is 9.47 Å². The van der Waals surface area contributed by atoms with Gasteiger partial charge in [-0.25, -0.2) is 9.78 Å². The van der Waals surface area contributed by atoms with Crippen LogP contribution in [-0.2, 0) is 24.4 Å². The van der Waals surface area contributed by atoms with Gasteiger partial charge in [0.25, 0.3) is 0 Å². The molecule has 0 spiro atoms. The third kappa shape index (κ3) is 5.88. The molecule has 0 fully saturated rings. The zero-order valence-electron chi connectivity index (χ0n) is 20.5. The van der Waals surface area contributed by atoms with E-state index in [1.807, 2.05) is 42.5 Å². The maximum atomic E-state index is 11.2. The smallest absolute Gasteiger partial charge is 0.335 e. The Kier molecular flexibility index (Phi) is 7.28. The number of methoxy groups -OCH3 is 1. The van der Waals surface area contributed by atoms with Crippen LogP contribution >= 0.6 is 0 Å². The van der Waals surface area contributed by atoms with E-state index in [9.17, 15) is 4.79 Å². The quantitative estimate of drug-likeness (QED) is 0.226. The number of ether oxygens (including phenoxy) is 3. The number of hydrogen-bond donors (Lipinski definition) is 1. The molecule has 0 aliphatic heterocycles. The standard InChI is InChI=1S/C31H27NO5/c1-35-30-18-25(31(33)34)9-8-24(30)14-15-36-19-21-6-7-22-11-13-28(17-26(22)16-21)37-20-27-12-10-23-4-2-3-5-29(23)32-27/h2-13,16-18H,14-15,19-20H2,1H3,(H,33,34). The van der Waals surface area contributed by atoms with E-state index in [1.165, 1.54) is 13.2 Å². The third-order valence-corrected chi connectivity index (χ3v) is 6.24. The van der Waals surface area contributed by atoms with Gasteiger partial charge in [0.15, 0.2) is 0 Å². The molecule has 37 heavy (non-hydrogen) atoms. The van der Waals surface area contributed by atoms with Crippen molar-refractivity contribution < 1.29 is 24.1 Å². The molecular weight excluding hydrogens is 466 g/mol. The number of carboxylic acid groups (broad SMARTS) is 1. The fourth-order valence-electron chi connectivity index (χ4n) is 4.26. The van der Waals surface area contributed by atoms with Crippen molar-refractivity contribution in [2.75, 3.05) is 13.7 Å². The number of benzene rings is 4. The van der Waals surface area contributed by atoms with Crippen molar-refractivity contribution in [3.63, 3.8) is 0 Å². The van der Waals surface area contributed by atoms with Gasteiger partial charge in [0.05, 0.1) is 37.1 Å². The van der Waals surface area contributed by atoms with E-state index in [1.54, 1.807) is 12.1 Å². The molecule has 0 amide bonds. The molecule has 0 aliphatic carbocycles. The maximum absolute atomic E-state index is 11.2. The maximum Gasteiger partial charge on any atom is 0.335 e. The average Bonchev–Trinajstić information content (AvgIpc) is 2.93. The lowest BCUT2D eigenvalue weighted by Gasteiger charge is -2.11. The van der Waals surface area contributed by atoms with E-state index < -0.39 is 5.97 Å². The minimum Gasteiger partial charge on any atom is -0.496 e. The number of carboxylic acids is 1. The molecule has 0 bridgehead atoms. The van der Waals surface area contributed by atoms with Gasteiger partial charge in [-0.2, -0.15) is 0 Å². The molecule has 186 valence electrons. The second-order valence-corrected chi connectivity index (χ2v) is 8.76. The van der Waals surface area contributed by atoms with Crippen LogP contribution in [0.4, 0.5) is 0 Å². The summed E-state index contributed by atoms with van der Waals surface area (Å²) in [7, 11) is 1.54. The van der Waals surface area contributed by atoms with E-state index >= 15 is 0 Å². The minimum absolute atomic E-state index is 0.203. The summed E-state index contributed by atoms with van der Waals surface area (Å²) in [5, 5.41) is 12.5. The lowest BCUT2D eigenvalue weighted by atomic mass is 10.1. The Morgan fingerprint density at radius 1 is 0.838 bits per heavy atom. The second kappa shape index (κ2) is 11.1. The van der Waals surface area contributed by atoms with Gasteiger partial charge in [-0.3, -0.25) is 0 Å². The number of hydrogen-bond acceptors (Lipinski definition) is 5. The third-order valence-electron chi connectivity index (χ3n) is 6.24. The van der Waals surface area contributed by atoms with Gasteiger partial charge in [0.1, 0.15) is 18.1 Å². The molecule has 0 unspecified atom stereocenters. The summed E-state index contributed by atoms with van der Waals surface area (Å²) < 4.78 is 17.3. The second-order valence-electron chi connectivity index (χ2n) is 8.76. The highest BCUT2D eigenvalue weighted by Gasteiger charge is 2.09. The van der Waals surface area contributed by atoms with E-state index in [0.717, 1.165) is 44.2 Å². The molecule has 1 heterocycles. The van der Waals surface area contributed by atoms with E-state index in [2.05, 4.69) is 35.3 Å². The molecule has 6 nitrogen and oxygen atoms in total. The van der Waals surface area contributed by atoms with Crippen LogP contribution in [0.25, 0.3) is 21.7 Å². The molecule has 0 saturated heterocycles. The summed E-state index contributed by atoms with van der Waals surface area (Å²) in [5.74, 6) is 0.370. The lowest BCUT2D eigenvalue weighted by Crippen LogP contribution is -2.03. The first-order chi connectivity index (χ1) is 18.1. The number of para-hydroxylation sites is 1. The first-order valence-electron chi connectivity index (χ1n) is 12.1. The number of carbonyl (C=O) groups is 1. The van der Waals surface area contributed by atoms with E-state index in [-0.39, 0.29) is 5.56 Å². The number of fused-ring (bicyclic) bond motifs is 2. The van der Waals surface area contributed by atoms with Crippen LogP contribution in [0.2, 0.25) is 0 Å². The Bertz CT molecular complexity index is 1560. The normalized spacial score (nSPS) is 11.1. The summed E-state index contributed by atoms with van der Waals surface area (Å²) in [4.78, 5) is 15.8. The summed E-state index contributed by atoms with van der Waals surface area (Å²) in [5.41, 5.74) is 4.02. The Hall–Kier alpha value is -4.42. The Morgan fingerprint density at radius 2 is 1.68 bits per heavy atom.